The fourth-order valence-electron chi connectivity index (χ4n) is 1.27. The number of carbonyl (C=O) groups excluding carboxylic acids is 1. The Morgan fingerprint density at radius 2 is 2.06 bits per heavy atom. The van der Waals surface area contributed by atoms with Gasteiger partial charge in [-0.15, -0.1) is 0 Å². The molecule has 1 aromatic carbocycles. The molecular formula is C11H14BClFNO2. The maximum Gasteiger partial charge on any atom is 0.412 e. The average Bonchev–Trinajstić information content (AvgIpc) is 2.08. The summed E-state index contributed by atoms with van der Waals surface area (Å²) in [6.45, 7) is 5.20. The molecule has 0 saturated heterocycles. The number of carbonyl (C=O) groups is 1. The summed E-state index contributed by atoms with van der Waals surface area (Å²) in [5, 5.41) is 2.65. The van der Waals surface area contributed by atoms with Crippen LogP contribution in [0.1, 0.15) is 20.8 Å². The van der Waals surface area contributed by atoms with Gasteiger partial charge in [0.2, 0.25) is 0 Å². The van der Waals surface area contributed by atoms with Crippen LogP contribution < -0.4 is 10.8 Å². The van der Waals surface area contributed by atoms with Crippen LogP contribution in [0.4, 0.5) is 14.9 Å². The van der Waals surface area contributed by atoms with Gasteiger partial charge in [0.25, 0.3) is 0 Å². The van der Waals surface area contributed by atoms with Crippen LogP contribution in [0.3, 0.4) is 0 Å². The Kier molecular flexibility index (Phi) is 4.04. The van der Waals surface area contributed by atoms with Gasteiger partial charge in [0, 0.05) is 5.02 Å². The maximum absolute atomic E-state index is 13.5. The van der Waals surface area contributed by atoms with Gasteiger partial charge in [-0.25, -0.2) is 9.18 Å². The van der Waals surface area contributed by atoms with Crippen LogP contribution in [-0.4, -0.2) is 19.5 Å². The summed E-state index contributed by atoms with van der Waals surface area (Å²) >= 11 is 5.68. The van der Waals surface area contributed by atoms with E-state index in [0.29, 0.717) is 5.46 Å². The molecule has 0 fully saturated rings. The quantitative estimate of drug-likeness (QED) is 0.782. The van der Waals surface area contributed by atoms with Crippen molar-refractivity contribution in [1.29, 1.82) is 0 Å². The second-order valence-corrected chi connectivity index (χ2v) is 5.14. The molecule has 0 spiro atoms. The molecule has 0 aromatic heterocycles. The minimum Gasteiger partial charge on any atom is -0.444 e. The van der Waals surface area contributed by atoms with E-state index in [4.69, 9.17) is 16.3 Å². The van der Waals surface area contributed by atoms with Crippen LogP contribution in [0.5, 0.6) is 0 Å². The summed E-state index contributed by atoms with van der Waals surface area (Å²) in [5.41, 5.74) is 0.00506. The van der Waals surface area contributed by atoms with E-state index in [1.54, 1.807) is 34.7 Å². The van der Waals surface area contributed by atoms with E-state index in [1.165, 1.54) is 0 Å². The molecule has 92 valence electrons. The van der Waals surface area contributed by atoms with Crippen molar-refractivity contribution >= 4 is 36.7 Å². The Morgan fingerprint density at radius 1 is 1.47 bits per heavy atom. The van der Waals surface area contributed by atoms with Crippen LogP contribution >= 0.6 is 11.6 Å². The van der Waals surface area contributed by atoms with E-state index in [0.717, 1.165) is 6.07 Å². The standard InChI is InChI=1S/C11H14BClFNO2/c1-11(2,3)17-10(16)15-9-7(12)4-6(13)5-8(9)14/h4-5H,12H2,1-3H3,(H,15,16). The fourth-order valence-corrected chi connectivity index (χ4v) is 1.53. The second-order valence-electron chi connectivity index (χ2n) is 4.71. The van der Waals surface area contributed by atoms with Gasteiger partial charge in [0.15, 0.2) is 0 Å². The molecule has 0 unspecified atom stereocenters. The Hall–Kier alpha value is -1.23. The average molecular weight is 258 g/mol. The van der Waals surface area contributed by atoms with E-state index in [9.17, 15) is 9.18 Å². The Bertz CT molecular complexity index is 423. The zero-order valence-corrected chi connectivity index (χ0v) is 11.0. The van der Waals surface area contributed by atoms with Gasteiger partial charge in [0.05, 0.1) is 5.69 Å². The molecule has 1 amide bonds. The van der Waals surface area contributed by atoms with Gasteiger partial charge in [0.1, 0.15) is 19.3 Å². The fraction of sp³-hybridized carbons (Fsp3) is 0.364. The minimum absolute atomic E-state index is 0.0867. The first-order chi connectivity index (χ1) is 7.69. The smallest absolute Gasteiger partial charge is 0.412 e. The summed E-state index contributed by atoms with van der Waals surface area (Å²) in [6, 6.07) is 2.71. The molecule has 0 bridgehead atoms. The van der Waals surface area contributed by atoms with E-state index < -0.39 is 17.5 Å². The van der Waals surface area contributed by atoms with Crippen molar-refractivity contribution < 1.29 is 13.9 Å². The van der Waals surface area contributed by atoms with E-state index in [1.807, 2.05) is 0 Å². The number of anilines is 1. The Labute approximate surface area is 106 Å². The summed E-state index contributed by atoms with van der Waals surface area (Å²) in [4.78, 5) is 11.5. The summed E-state index contributed by atoms with van der Waals surface area (Å²) in [6.07, 6.45) is -0.693. The lowest BCUT2D eigenvalue weighted by Gasteiger charge is -2.20. The van der Waals surface area contributed by atoms with Crippen molar-refractivity contribution in [3.05, 3.63) is 23.0 Å². The molecule has 17 heavy (non-hydrogen) atoms. The summed E-state index contributed by atoms with van der Waals surface area (Å²) < 4.78 is 18.6. The van der Waals surface area contributed by atoms with Crippen molar-refractivity contribution in [2.45, 2.75) is 26.4 Å². The molecular weight excluding hydrogens is 243 g/mol. The highest BCUT2D eigenvalue weighted by Gasteiger charge is 2.18. The van der Waals surface area contributed by atoms with Gasteiger partial charge in [-0.05, 0) is 32.9 Å². The number of hydrogen-bond acceptors (Lipinski definition) is 2. The number of rotatable bonds is 1. The lowest BCUT2D eigenvalue weighted by Crippen LogP contribution is -2.29. The van der Waals surface area contributed by atoms with Crippen LogP contribution in [-0.2, 0) is 4.74 Å². The maximum atomic E-state index is 13.5. The second kappa shape index (κ2) is 4.96. The third-order valence-corrected chi connectivity index (χ3v) is 2.10. The van der Waals surface area contributed by atoms with Crippen LogP contribution in [0.2, 0.25) is 5.02 Å². The molecule has 0 atom stereocenters. The number of amides is 1. The number of ether oxygens (including phenoxy) is 1. The highest BCUT2D eigenvalue weighted by molar-refractivity contribution is 6.39. The minimum atomic E-state index is -0.693. The molecule has 6 heteroatoms. The number of benzene rings is 1. The predicted octanol–water partition coefficient (Wildman–Crippen LogP) is 2.08. The van der Waals surface area contributed by atoms with Crippen LogP contribution in [0.15, 0.2) is 12.1 Å². The first kappa shape index (κ1) is 13.8. The predicted molar refractivity (Wildman–Crippen MR) is 69.4 cm³/mol. The summed E-state index contributed by atoms with van der Waals surface area (Å²) in [7, 11) is 1.65. The lowest BCUT2D eigenvalue weighted by atomic mass is 9.94. The number of hydrogen-bond donors (Lipinski definition) is 1. The number of nitrogens with one attached hydrogen (secondary N) is 1. The third kappa shape index (κ3) is 4.27. The zero-order valence-electron chi connectivity index (χ0n) is 10.2. The Balaban J connectivity index is 2.86. The van der Waals surface area contributed by atoms with Crippen LogP contribution in [0.25, 0.3) is 0 Å². The van der Waals surface area contributed by atoms with Gasteiger partial charge in [-0.1, -0.05) is 17.1 Å². The highest BCUT2D eigenvalue weighted by atomic mass is 35.5. The number of halogens is 2. The van der Waals surface area contributed by atoms with Gasteiger partial charge in [-0.2, -0.15) is 0 Å². The highest BCUT2D eigenvalue weighted by Crippen LogP contribution is 2.17. The lowest BCUT2D eigenvalue weighted by molar-refractivity contribution is 0.0635. The topological polar surface area (TPSA) is 38.3 Å². The van der Waals surface area contributed by atoms with Crippen LogP contribution in [0, 0.1) is 5.82 Å². The van der Waals surface area contributed by atoms with Crippen molar-refractivity contribution in [2.75, 3.05) is 5.32 Å². The van der Waals surface area contributed by atoms with E-state index in [-0.39, 0.29) is 10.7 Å². The Morgan fingerprint density at radius 3 is 2.53 bits per heavy atom. The molecule has 1 rings (SSSR count). The van der Waals surface area contributed by atoms with Crippen molar-refractivity contribution in [3.63, 3.8) is 0 Å². The molecule has 0 aliphatic carbocycles. The van der Waals surface area contributed by atoms with E-state index >= 15 is 0 Å². The normalized spacial score (nSPS) is 11.1. The van der Waals surface area contributed by atoms with Crippen molar-refractivity contribution in [3.8, 4) is 0 Å². The van der Waals surface area contributed by atoms with Gasteiger partial charge >= 0.3 is 6.09 Å². The molecule has 0 saturated carbocycles. The van der Waals surface area contributed by atoms with Crippen molar-refractivity contribution in [1.82, 2.24) is 0 Å². The third-order valence-electron chi connectivity index (χ3n) is 1.88. The monoisotopic (exact) mass is 257 g/mol. The summed E-state index contributed by atoms with van der Waals surface area (Å²) in [5.74, 6) is -0.583. The first-order valence-electron chi connectivity index (χ1n) is 5.15. The first-order valence-corrected chi connectivity index (χ1v) is 5.52. The van der Waals surface area contributed by atoms with E-state index in [2.05, 4.69) is 5.32 Å². The largest absolute Gasteiger partial charge is 0.444 e. The molecule has 0 aliphatic heterocycles. The SMILES string of the molecule is Bc1cc(Cl)cc(F)c1NC(=O)OC(C)(C)C. The molecule has 1 N–H and O–H groups in total. The molecule has 0 aliphatic rings. The van der Waals surface area contributed by atoms with Crippen molar-refractivity contribution in [2.24, 2.45) is 0 Å². The van der Waals surface area contributed by atoms with Gasteiger partial charge < -0.3 is 4.74 Å². The molecule has 0 radical (unpaired) electrons. The molecule has 3 nitrogen and oxygen atoms in total. The van der Waals surface area contributed by atoms with Gasteiger partial charge in [-0.3, -0.25) is 5.32 Å². The zero-order chi connectivity index (χ0) is 13.2. The molecule has 1 aromatic rings. The molecule has 0 heterocycles.